The van der Waals surface area contributed by atoms with E-state index in [2.05, 4.69) is 4.98 Å². The summed E-state index contributed by atoms with van der Waals surface area (Å²) in [6, 6.07) is 0.811. The van der Waals surface area contributed by atoms with E-state index in [4.69, 9.17) is 10.8 Å². The average molecular weight is 218 g/mol. The smallest absolute Gasteiger partial charge is 0.309 e. The zero-order chi connectivity index (χ0) is 11.6. The summed E-state index contributed by atoms with van der Waals surface area (Å²) in [6.45, 7) is 0. The molecule has 0 aromatic carbocycles. The van der Waals surface area contributed by atoms with Crippen LogP contribution in [-0.2, 0) is 11.2 Å². The van der Waals surface area contributed by atoms with Gasteiger partial charge >= 0.3 is 5.97 Å². The number of aliphatic carboxylic acids is 1. The summed E-state index contributed by atoms with van der Waals surface area (Å²) >= 11 is 0. The van der Waals surface area contributed by atoms with Crippen molar-refractivity contribution in [1.29, 1.82) is 0 Å². The van der Waals surface area contributed by atoms with Gasteiger partial charge in [-0.2, -0.15) is 0 Å². The number of hydrogen-bond donors (Lipinski definition) is 3. The van der Waals surface area contributed by atoms with E-state index in [1.54, 1.807) is 0 Å². The van der Waals surface area contributed by atoms with E-state index in [0.717, 1.165) is 6.07 Å². The maximum atomic E-state index is 12.3. The van der Waals surface area contributed by atoms with Crippen molar-refractivity contribution in [2.75, 3.05) is 5.73 Å². The van der Waals surface area contributed by atoms with Crippen molar-refractivity contribution in [3.8, 4) is 5.75 Å². The number of nitrogens with two attached hydrogens (primary N) is 1. The number of alkyl halides is 2. The van der Waals surface area contributed by atoms with Crippen LogP contribution in [0.2, 0.25) is 0 Å². The maximum absolute atomic E-state index is 12.3. The third-order valence-corrected chi connectivity index (χ3v) is 1.67. The lowest BCUT2D eigenvalue weighted by Gasteiger charge is -2.08. The molecule has 1 aromatic heterocycles. The van der Waals surface area contributed by atoms with Crippen LogP contribution in [0.4, 0.5) is 14.6 Å². The first-order chi connectivity index (χ1) is 6.91. The molecule has 0 radical (unpaired) electrons. The number of carbonyl (C=O) groups is 1. The molecule has 0 aliphatic carbocycles. The Morgan fingerprint density at radius 3 is 2.67 bits per heavy atom. The Bertz CT molecular complexity index is 396. The molecule has 15 heavy (non-hydrogen) atoms. The second kappa shape index (κ2) is 4.07. The largest absolute Gasteiger partial charge is 0.506 e. The number of hydrogen-bond acceptors (Lipinski definition) is 4. The van der Waals surface area contributed by atoms with Gasteiger partial charge in [-0.15, -0.1) is 0 Å². The normalized spacial score (nSPS) is 10.6. The number of halogens is 2. The lowest BCUT2D eigenvalue weighted by molar-refractivity contribution is -0.136. The highest BCUT2D eigenvalue weighted by molar-refractivity contribution is 5.71. The number of pyridine rings is 1. The quantitative estimate of drug-likeness (QED) is 0.701. The Balaban J connectivity index is 3.21. The van der Waals surface area contributed by atoms with Crippen LogP contribution in [0, 0.1) is 0 Å². The minimum absolute atomic E-state index is 0.251. The minimum atomic E-state index is -2.93. The lowest BCUT2D eigenvalue weighted by Crippen LogP contribution is -2.06. The summed E-state index contributed by atoms with van der Waals surface area (Å²) in [6.07, 6.45) is -3.58. The highest BCUT2D eigenvalue weighted by Crippen LogP contribution is 2.31. The van der Waals surface area contributed by atoms with Crippen molar-refractivity contribution in [2.45, 2.75) is 12.8 Å². The van der Waals surface area contributed by atoms with Gasteiger partial charge in [-0.1, -0.05) is 0 Å². The summed E-state index contributed by atoms with van der Waals surface area (Å²) in [5.41, 5.74) is 4.12. The van der Waals surface area contributed by atoms with E-state index >= 15 is 0 Å². The Labute approximate surface area is 83.2 Å². The van der Waals surface area contributed by atoms with Gasteiger partial charge < -0.3 is 15.9 Å². The molecule has 1 heterocycles. The molecule has 0 spiro atoms. The van der Waals surface area contributed by atoms with Crippen molar-refractivity contribution in [2.24, 2.45) is 0 Å². The topological polar surface area (TPSA) is 96.4 Å². The predicted molar refractivity (Wildman–Crippen MR) is 46.6 cm³/mol. The van der Waals surface area contributed by atoms with Crippen LogP contribution in [0.5, 0.6) is 5.75 Å². The van der Waals surface area contributed by atoms with Gasteiger partial charge in [-0.05, 0) is 6.07 Å². The van der Waals surface area contributed by atoms with Crippen LogP contribution in [-0.4, -0.2) is 21.2 Å². The molecule has 0 saturated heterocycles. The zero-order valence-corrected chi connectivity index (χ0v) is 7.44. The van der Waals surface area contributed by atoms with Gasteiger partial charge in [-0.25, -0.2) is 13.8 Å². The first-order valence-electron chi connectivity index (χ1n) is 3.90. The van der Waals surface area contributed by atoms with Gasteiger partial charge in [0.2, 0.25) is 0 Å². The summed E-state index contributed by atoms with van der Waals surface area (Å²) in [4.78, 5) is 13.8. The highest BCUT2D eigenvalue weighted by atomic mass is 19.3. The Morgan fingerprint density at radius 2 is 2.20 bits per heavy atom. The minimum Gasteiger partial charge on any atom is -0.506 e. The molecule has 0 atom stereocenters. The Hall–Kier alpha value is -1.92. The van der Waals surface area contributed by atoms with Crippen LogP contribution in [0.1, 0.15) is 17.7 Å². The van der Waals surface area contributed by atoms with Crippen molar-refractivity contribution in [1.82, 2.24) is 4.98 Å². The van der Waals surface area contributed by atoms with E-state index in [1.807, 2.05) is 0 Å². The predicted octanol–water partition coefficient (Wildman–Crippen LogP) is 0.934. The summed E-state index contributed by atoms with van der Waals surface area (Å²) in [5, 5.41) is 17.7. The Kier molecular flexibility index (Phi) is 3.03. The molecule has 7 heteroatoms. The van der Waals surface area contributed by atoms with Crippen LogP contribution in [0.15, 0.2) is 6.07 Å². The fourth-order valence-corrected chi connectivity index (χ4v) is 1.07. The SMILES string of the molecule is Nc1cc(C(F)F)c(O)c(CC(=O)O)n1. The standard InChI is InChI=1S/C8H8F2N2O3/c9-8(10)3-1-5(11)12-4(7(3)15)2-6(13)14/h1,8,15H,2H2,(H2,11,12)(H,13,14). The molecule has 1 aromatic rings. The molecule has 0 aliphatic rings. The van der Waals surface area contributed by atoms with E-state index < -0.39 is 30.1 Å². The molecule has 0 amide bonds. The van der Waals surface area contributed by atoms with Crippen molar-refractivity contribution < 1.29 is 23.8 Å². The fraction of sp³-hybridized carbons (Fsp3) is 0.250. The second-order valence-corrected chi connectivity index (χ2v) is 2.80. The molecular formula is C8H8F2N2O3. The third kappa shape index (κ3) is 2.52. The summed E-state index contributed by atoms with van der Waals surface area (Å²) in [5.74, 6) is -2.36. The van der Waals surface area contributed by atoms with Crippen LogP contribution in [0.3, 0.4) is 0 Å². The summed E-state index contributed by atoms with van der Waals surface area (Å²) < 4.78 is 24.7. The van der Waals surface area contributed by atoms with E-state index in [0.29, 0.717) is 0 Å². The van der Waals surface area contributed by atoms with Gasteiger partial charge in [0.05, 0.1) is 17.7 Å². The van der Waals surface area contributed by atoms with Gasteiger partial charge in [0.15, 0.2) is 0 Å². The second-order valence-electron chi connectivity index (χ2n) is 2.80. The van der Waals surface area contributed by atoms with Gasteiger partial charge in [0.25, 0.3) is 6.43 Å². The van der Waals surface area contributed by atoms with E-state index in [-0.39, 0.29) is 11.5 Å². The molecule has 4 N–H and O–H groups in total. The molecule has 0 aliphatic heterocycles. The van der Waals surface area contributed by atoms with Crippen LogP contribution < -0.4 is 5.73 Å². The van der Waals surface area contributed by atoms with Crippen molar-refractivity contribution in [3.05, 3.63) is 17.3 Å². The maximum Gasteiger partial charge on any atom is 0.309 e. The van der Waals surface area contributed by atoms with Crippen molar-refractivity contribution in [3.63, 3.8) is 0 Å². The molecule has 82 valence electrons. The van der Waals surface area contributed by atoms with Crippen molar-refractivity contribution >= 4 is 11.8 Å². The van der Waals surface area contributed by atoms with Gasteiger partial charge in [0, 0.05) is 0 Å². The zero-order valence-electron chi connectivity index (χ0n) is 7.44. The van der Waals surface area contributed by atoms with Gasteiger partial charge in [-0.3, -0.25) is 4.79 Å². The molecule has 0 fully saturated rings. The first-order valence-corrected chi connectivity index (χ1v) is 3.90. The third-order valence-electron chi connectivity index (χ3n) is 1.67. The fourth-order valence-electron chi connectivity index (χ4n) is 1.07. The lowest BCUT2D eigenvalue weighted by atomic mass is 10.1. The summed E-state index contributed by atoms with van der Waals surface area (Å²) in [7, 11) is 0. The number of anilines is 1. The monoisotopic (exact) mass is 218 g/mol. The molecule has 5 nitrogen and oxygen atoms in total. The average Bonchev–Trinajstić information content (AvgIpc) is 2.09. The number of carboxylic acid groups (broad SMARTS) is 1. The molecular weight excluding hydrogens is 210 g/mol. The van der Waals surface area contributed by atoms with Crippen LogP contribution >= 0.6 is 0 Å². The number of nitrogens with zero attached hydrogens (tertiary/aromatic N) is 1. The number of aromatic nitrogens is 1. The Morgan fingerprint density at radius 1 is 1.60 bits per heavy atom. The van der Waals surface area contributed by atoms with E-state index in [1.165, 1.54) is 0 Å². The molecule has 0 saturated carbocycles. The van der Waals surface area contributed by atoms with Gasteiger partial charge in [0.1, 0.15) is 11.6 Å². The first kappa shape index (κ1) is 11.2. The van der Waals surface area contributed by atoms with Crippen LogP contribution in [0.25, 0.3) is 0 Å². The van der Waals surface area contributed by atoms with E-state index in [9.17, 15) is 18.7 Å². The number of rotatable bonds is 3. The number of aromatic hydroxyl groups is 1. The number of carboxylic acids is 1. The molecule has 1 rings (SSSR count). The number of nitrogen functional groups attached to an aromatic ring is 1. The highest BCUT2D eigenvalue weighted by Gasteiger charge is 2.19. The molecule has 0 unspecified atom stereocenters. The molecule has 0 bridgehead atoms.